The normalized spacial score (nSPS) is 10.2. The molecule has 0 saturated carbocycles. The van der Waals surface area contributed by atoms with Crippen molar-refractivity contribution in [1.82, 2.24) is 4.98 Å². The zero-order chi connectivity index (χ0) is 14.4. The topological polar surface area (TPSA) is 59.4 Å². The number of thioether (sulfide) groups is 1. The van der Waals surface area contributed by atoms with Crippen LogP contribution in [-0.2, 0) is 0 Å². The molecule has 2 aromatic rings. The van der Waals surface area contributed by atoms with Gasteiger partial charge in [-0.3, -0.25) is 4.98 Å². The Morgan fingerprint density at radius 1 is 1.30 bits per heavy atom. The number of ether oxygens (including phenoxy) is 1. The first-order valence-electron chi connectivity index (χ1n) is 5.84. The zero-order valence-corrected chi connectivity index (χ0v) is 11.3. The number of nitrogens with zero attached hydrogens (tertiary/aromatic N) is 1. The van der Waals surface area contributed by atoms with Crippen LogP contribution < -0.4 is 4.74 Å². The number of carboxylic acids is 1. The summed E-state index contributed by atoms with van der Waals surface area (Å²) >= 11 is 1.53. The molecule has 1 N–H and O–H groups in total. The molecule has 0 saturated heterocycles. The number of hydrogen-bond acceptors (Lipinski definition) is 4. The van der Waals surface area contributed by atoms with Crippen LogP contribution in [0.1, 0.15) is 10.4 Å². The largest absolute Gasteiger partial charge is 0.491 e. The standard InChI is InChI=1S/C14H12FNO3S/c15-11-1-3-13(4-2-11)20-6-5-19-12-7-10(14(17)18)8-16-9-12/h1-4,7-9H,5-6H2,(H,17,18). The summed E-state index contributed by atoms with van der Waals surface area (Å²) in [4.78, 5) is 15.5. The summed E-state index contributed by atoms with van der Waals surface area (Å²) in [5.74, 6) is -0.210. The van der Waals surface area contributed by atoms with Crippen molar-refractivity contribution in [2.75, 3.05) is 12.4 Å². The van der Waals surface area contributed by atoms with Gasteiger partial charge < -0.3 is 9.84 Å². The van der Waals surface area contributed by atoms with Gasteiger partial charge in [0.25, 0.3) is 0 Å². The molecule has 0 amide bonds. The molecule has 4 nitrogen and oxygen atoms in total. The average molecular weight is 293 g/mol. The Hall–Kier alpha value is -2.08. The molecule has 0 spiro atoms. The van der Waals surface area contributed by atoms with Crippen molar-refractivity contribution in [2.45, 2.75) is 4.90 Å². The molecule has 0 radical (unpaired) electrons. The number of carboxylic acid groups (broad SMARTS) is 1. The van der Waals surface area contributed by atoms with Gasteiger partial charge in [0.05, 0.1) is 18.4 Å². The van der Waals surface area contributed by atoms with Gasteiger partial charge in [0, 0.05) is 16.8 Å². The van der Waals surface area contributed by atoms with Crippen molar-refractivity contribution in [3.63, 3.8) is 0 Å². The number of aromatic carboxylic acids is 1. The molecule has 0 fully saturated rings. The predicted molar refractivity (Wildman–Crippen MR) is 73.8 cm³/mol. The second-order valence-corrected chi connectivity index (χ2v) is 5.03. The maximum Gasteiger partial charge on any atom is 0.337 e. The molecular formula is C14H12FNO3S. The molecule has 0 bridgehead atoms. The average Bonchev–Trinajstić information content (AvgIpc) is 2.46. The first-order chi connectivity index (χ1) is 9.65. The van der Waals surface area contributed by atoms with Crippen LogP contribution in [0.4, 0.5) is 4.39 Å². The number of aromatic nitrogens is 1. The Balaban J connectivity index is 1.79. The van der Waals surface area contributed by atoms with E-state index in [1.807, 2.05) is 0 Å². The van der Waals surface area contributed by atoms with Crippen molar-refractivity contribution in [1.29, 1.82) is 0 Å². The number of halogens is 1. The van der Waals surface area contributed by atoms with Gasteiger partial charge >= 0.3 is 5.97 Å². The Morgan fingerprint density at radius 2 is 2.05 bits per heavy atom. The van der Waals surface area contributed by atoms with Crippen molar-refractivity contribution in [3.8, 4) is 5.75 Å². The lowest BCUT2D eigenvalue weighted by Crippen LogP contribution is -2.03. The maximum absolute atomic E-state index is 12.7. The fourth-order valence-corrected chi connectivity index (χ4v) is 2.20. The van der Waals surface area contributed by atoms with Gasteiger partial charge in [0.15, 0.2) is 0 Å². The number of pyridine rings is 1. The van der Waals surface area contributed by atoms with Crippen LogP contribution >= 0.6 is 11.8 Å². The highest BCUT2D eigenvalue weighted by Crippen LogP contribution is 2.18. The summed E-state index contributed by atoms with van der Waals surface area (Å²) in [5, 5.41) is 8.82. The Labute approximate surface area is 119 Å². The number of benzene rings is 1. The minimum absolute atomic E-state index is 0.0914. The molecule has 0 atom stereocenters. The van der Waals surface area contributed by atoms with E-state index < -0.39 is 5.97 Å². The van der Waals surface area contributed by atoms with Gasteiger partial charge in [0.2, 0.25) is 0 Å². The van der Waals surface area contributed by atoms with Crippen LogP contribution in [0.5, 0.6) is 5.75 Å². The second-order valence-electron chi connectivity index (χ2n) is 3.87. The van der Waals surface area contributed by atoms with Crippen molar-refractivity contribution >= 4 is 17.7 Å². The summed E-state index contributed by atoms with van der Waals surface area (Å²) in [6.45, 7) is 0.410. The summed E-state index contributed by atoms with van der Waals surface area (Å²) in [6.07, 6.45) is 2.73. The SMILES string of the molecule is O=C(O)c1cncc(OCCSc2ccc(F)cc2)c1. The smallest absolute Gasteiger partial charge is 0.337 e. The monoisotopic (exact) mass is 293 g/mol. The Kier molecular flexibility index (Phi) is 4.95. The molecule has 1 aromatic carbocycles. The van der Waals surface area contributed by atoms with E-state index in [1.54, 1.807) is 12.1 Å². The van der Waals surface area contributed by atoms with E-state index in [-0.39, 0.29) is 11.4 Å². The zero-order valence-electron chi connectivity index (χ0n) is 10.5. The highest BCUT2D eigenvalue weighted by Gasteiger charge is 2.04. The van der Waals surface area contributed by atoms with Crippen LogP contribution in [0.25, 0.3) is 0 Å². The van der Waals surface area contributed by atoms with E-state index in [0.29, 0.717) is 18.1 Å². The lowest BCUT2D eigenvalue weighted by Gasteiger charge is -2.06. The fourth-order valence-electron chi connectivity index (χ4n) is 1.46. The van der Waals surface area contributed by atoms with Gasteiger partial charge in [-0.05, 0) is 30.3 Å². The minimum atomic E-state index is -1.04. The maximum atomic E-state index is 12.7. The molecule has 0 aliphatic heterocycles. The van der Waals surface area contributed by atoms with Gasteiger partial charge in [-0.15, -0.1) is 11.8 Å². The first kappa shape index (κ1) is 14.3. The van der Waals surface area contributed by atoms with E-state index >= 15 is 0 Å². The van der Waals surface area contributed by atoms with Crippen molar-refractivity contribution in [3.05, 3.63) is 54.1 Å². The lowest BCUT2D eigenvalue weighted by molar-refractivity contribution is 0.0696. The second kappa shape index (κ2) is 6.91. The third kappa shape index (κ3) is 4.24. The molecule has 6 heteroatoms. The van der Waals surface area contributed by atoms with Gasteiger partial charge in [-0.25, -0.2) is 9.18 Å². The molecule has 104 valence electrons. The number of rotatable bonds is 6. The van der Waals surface area contributed by atoms with Gasteiger partial charge in [0.1, 0.15) is 11.6 Å². The van der Waals surface area contributed by atoms with E-state index in [9.17, 15) is 9.18 Å². The molecule has 20 heavy (non-hydrogen) atoms. The van der Waals surface area contributed by atoms with Crippen LogP contribution in [0.15, 0.2) is 47.6 Å². The van der Waals surface area contributed by atoms with Crippen LogP contribution in [0, 0.1) is 5.82 Å². The van der Waals surface area contributed by atoms with Crippen molar-refractivity contribution in [2.24, 2.45) is 0 Å². The summed E-state index contributed by atoms with van der Waals surface area (Å²) in [6, 6.07) is 7.64. The summed E-state index contributed by atoms with van der Waals surface area (Å²) in [7, 11) is 0. The van der Waals surface area contributed by atoms with E-state index in [2.05, 4.69) is 4.98 Å². The quantitative estimate of drug-likeness (QED) is 0.655. The molecule has 1 heterocycles. The van der Waals surface area contributed by atoms with E-state index in [1.165, 1.54) is 42.4 Å². The summed E-state index contributed by atoms with van der Waals surface area (Å²) < 4.78 is 18.1. The molecule has 1 aromatic heterocycles. The molecule has 2 rings (SSSR count). The van der Waals surface area contributed by atoms with Crippen LogP contribution in [-0.4, -0.2) is 28.4 Å². The van der Waals surface area contributed by atoms with Crippen LogP contribution in [0.2, 0.25) is 0 Å². The Morgan fingerprint density at radius 3 is 2.75 bits per heavy atom. The number of hydrogen-bond donors (Lipinski definition) is 1. The van der Waals surface area contributed by atoms with Gasteiger partial charge in [-0.1, -0.05) is 0 Å². The highest BCUT2D eigenvalue weighted by atomic mass is 32.2. The highest BCUT2D eigenvalue weighted by molar-refractivity contribution is 7.99. The van der Waals surface area contributed by atoms with Crippen molar-refractivity contribution < 1.29 is 19.0 Å². The number of carbonyl (C=O) groups is 1. The molecule has 0 aliphatic rings. The summed E-state index contributed by atoms with van der Waals surface area (Å²) in [5.41, 5.74) is 0.0914. The third-order valence-corrected chi connectivity index (χ3v) is 3.37. The molecule has 0 unspecified atom stereocenters. The van der Waals surface area contributed by atoms with Gasteiger partial charge in [-0.2, -0.15) is 0 Å². The van der Waals surface area contributed by atoms with E-state index in [0.717, 1.165) is 4.90 Å². The Bertz CT molecular complexity index is 589. The first-order valence-corrected chi connectivity index (χ1v) is 6.83. The minimum Gasteiger partial charge on any atom is -0.491 e. The van der Waals surface area contributed by atoms with E-state index in [4.69, 9.17) is 9.84 Å². The lowest BCUT2D eigenvalue weighted by atomic mass is 10.3. The molecular weight excluding hydrogens is 281 g/mol. The molecule has 0 aliphatic carbocycles. The fraction of sp³-hybridized carbons (Fsp3) is 0.143. The predicted octanol–water partition coefficient (Wildman–Crippen LogP) is 3.09. The third-order valence-electron chi connectivity index (χ3n) is 2.39. The van der Waals surface area contributed by atoms with Crippen LogP contribution in [0.3, 0.4) is 0 Å².